The van der Waals surface area contributed by atoms with Crippen LogP contribution in [0.15, 0.2) is 12.7 Å². The number of rotatable bonds is 2. The number of aromatic nitrogens is 4. The van der Waals surface area contributed by atoms with Gasteiger partial charge in [-0.3, -0.25) is 4.57 Å². The summed E-state index contributed by atoms with van der Waals surface area (Å²) < 4.78 is 8.12. The molecule has 0 saturated carbocycles. The van der Waals surface area contributed by atoms with Crippen molar-refractivity contribution >= 4 is 11.2 Å². The minimum Gasteiger partial charge on any atom is -0.354 e. The Morgan fingerprint density at radius 3 is 2.94 bits per heavy atom. The van der Waals surface area contributed by atoms with Crippen molar-refractivity contribution in [2.75, 3.05) is 0 Å². The fourth-order valence-corrected chi connectivity index (χ4v) is 2.68. The van der Waals surface area contributed by atoms with Gasteiger partial charge in [0, 0.05) is 5.92 Å². The van der Waals surface area contributed by atoms with Gasteiger partial charge in [-0.1, -0.05) is 13.8 Å². The van der Waals surface area contributed by atoms with Gasteiger partial charge in [-0.2, -0.15) is 0 Å². The van der Waals surface area contributed by atoms with Gasteiger partial charge in [-0.05, 0) is 19.8 Å². The lowest BCUT2D eigenvalue weighted by Crippen LogP contribution is -2.13. The van der Waals surface area contributed by atoms with Gasteiger partial charge in [0.15, 0.2) is 5.65 Å². The summed E-state index contributed by atoms with van der Waals surface area (Å²) in [7, 11) is 0. The van der Waals surface area contributed by atoms with E-state index in [1.165, 1.54) is 0 Å². The molecule has 1 aliphatic heterocycles. The molecule has 0 radical (unpaired) electrons. The highest BCUT2D eigenvalue weighted by Gasteiger charge is 2.33. The smallest absolute Gasteiger partial charge is 0.165 e. The molecule has 2 aromatic heterocycles. The van der Waals surface area contributed by atoms with E-state index in [1.54, 1.807) is 6.33 Å². The molecular weight excluding hydrogens is 228 g/mol. The van der Waals surface area contributed by atoms with E-state index in [0.29, 0.717) is 12.0 Å². The first-order chi connectivity index (χ1) is 8.70. The summed E-state index contributed by atoms with van der Waals surface area (Å²) >= 11 is 0. The number of nitrogens with zero attached hydrogens (tertiary/aromatic N) is 4. The summed E-state index contributed by atoms with van der Waals surface area (Å²) in [6, 6.07) is 0. The van der Waals surface area contributed by atoms with Gasteiger partial charge < -0.3 is 4.74 Å². The number of imidazole rings is 1. The lowest BCUT2D eigenvalue weighted by molar-refractivity contribution is -0.00905. The Labute approximate surface area is 106 Å². The van der Waals surface area contributed by atoms with Crippen LogP contribution >= 0.6 is 0 Å². The molecule has 1 saturated heterocycles. The van der Waals surface area contributed by atoms with Crippen molar-refractivity contribution in [1.82, 2.24) is 19.5 Å². The predicted molar refractivity (Wildman–Crippen MR) is 68.0 cm³/mol. The monoisotopic (exact) mass is 246 g/mol. The number of ether oxygens (including phenoxy) is 1. The lowest BCUT2D eigenvalue weighted by Gasteiger charge is -2.17. The highest BCUT2D eigenvalue weighted by Crippen LogP contribution is 2.36. The van der Waals surface area contributed by atoms with Gasteiger partial charge in [0.25, 0.3) is 0 Å². The molecule has 0 aromatic carbocycles. The molecule has 2 aromatic rings. The van der Waals surface area contributed by atoms with Gasteiger partial charge in [0.2, 0.25) is 0 Å². The third-order valence-corrected chi connectivity index (χ3v) is 3.72. The van der Waals surface area contributed by atoms with Crippen LogP contribution in [0.3, 0.4) is 0 Å². The molecule has 1 fully saturated rings. The molecule has 96 valence electrons. The molecule has 1 aliphatic rings. The molecule has 5 nitrogen and oxygen atoms in total. The van der Waals surface area contributed by atoms with Crippen LogP contribution in [-0.4, -0.2) is 25.6 Å². The van der Waals surface area contributed by atoms with Crippen molar-refractivity contribution in [1.29, 1.82) is 0 Å². The summed E-state index contributed by atoms with van der Waals surface area (Å²) in [6.45, 7) is 6.34. The van der Waals surface area contributed by atoms with Gasteiger partial charge >= 0.3 is 0 Å². The summed E-state index contributed by atoms with van der Waals surface area (Å²) in [5, 5.41) is 0. The maximum atomic E-state index is 6.08. The van der Waals surface area contributed by atoms with E-state index >= 15 is 0 Å². The van der Waals surface area contributed by atoms with Crippen LogP contribution < -0.4 is 0 Å². The molecule has 3 atom stereocenters. The summed E-state index contributed by atoms with van der Waals surface area (Å²) in [6.07, 6.45) is 5.98. The number of hydrogen-bond acceptors (Lipinski definition) is 4. The zero-order valence-corrected chi connectivity index (χ0v) is 11.0. The normalized spacial score (nSPS) is 28.1. The summed E-state index contributed by atoms with van der Waals surface area (Å²) in [5.41, 5.74) is 2.65. The molecule has 0 spiro atoms. The quantitative estimate of drug-likeness (QED) is 0.816. The van der Waals surface area contributed by atoms with E-state index in [9.17, 15) is 0 Å². The van der Waals surface area contributed by atoms with Crippen molar-refractivity contribution in [3.8, 4) is 0 Å². The minimum atomic E-state index is 0.0502. The molecule has 0 amide bonds. The average molecular weight is 246 g/mol. The second-order valence-electron chi connectivity index (χ2n) is 5.05. The number of aryl methyl sites for hydroxylation is 1. The van der Waals surface area contributed by atoms with Crippen LogP contribution in [0.1, 0.15) is 38.6 Å². The Morgan fingerprint density at radius 1 is 1.39 bits per heavy atom. The Kier molecular flexibility index (Phi) is 2.78. The molecule has 5 heteroatoms. The van der Waals surface area contributed by atoms with Gasteiger partial charge in [0.1, 0.15) is 18.1 Å². The number of fused-ring (bicyclic) bond motifs is 1. The van der Waals surface area contributed by atoms with Crippen LogP contribution in [0.2, 0.25) is 0 Å². The lowest BCUT2D eigenvalue weighted by atomic mass is 10.0. The van der Waals surface area contributed by atoms with Crippen molar-refractivity contribution in [2.24, 2.45) is 5.92 Å². The van der Waals surface area contributed by atoms with Crippen molar-refractivity contribution in [3.63, 3.8) is 0 Å². The molecule has 3 rings (SSSR count). The second kappa shape index (κ2) is 4.31. The summed E-state index contributed by atoms with van der Waals surface area (Å²) in [4.78, 5) is 12.9. The van der Waals surface area contributed by atoms with E-state index in [1.807, 2.05) is 17.8 Å². The zero-order valence-electron chi connectivity index (χ0n) is 11.0. The Hall–Kier alpha value is -1.49. The Bertz CT molecular complexity index is 565. The van der Waals surface area contributed by atoms with Crippen LogP contribution in [0, 0.1) is 12.8 Å². The van der Waals surface area contributed by atoms with E-state index < -0.39 is 0 Å². The zero-order chi connectivity index (χ0) is 12.7. The molecule has 0 aliphatic carbocycles. The Morgan fingerprint density at radius 2 is 2.22 bits per heavy atom. The van der Waals surface area contributed by atoms with Gasteiger partial charge in [-0.15, -0.1) is 0 Å². The first-order valence-electron chi connectivity index (χ1n) is 6.50. The standard InChI is InChI=1S/C13H18N4O/c1-4-10-5-8(2)13(18-10)17-7-16-11-9(3)14-6-15-12(11)17/h6-8,10,13H,4-5H2,1-3H3/t8-,10+,13+/m0/s1. The highest BCUT2D eigenvalue weighted by molar-refractivity contribution is 5.72. The third kappa shape index (κ3) is 1.70. The molecule has 0 unspecified atom stereocenters. The first kappa shape index (κ1) is 11.6. The van der Waals surface area contributed by atoms with Gasteiger partial charge in [0.05, 0.1) is 18.1 Å². The second-order valence-corrected chi connectivity index (χ2v) is 5.05. The average Bonchev–Trinajstić information content (AvgIpc) is 2.93. The fraction of sp³-hybridized carbons (Fsp3) is 0.615. The summed E-state index contributed by atoms with van der Waals surface area (Å²) in [5.74, 6) is 0.489. The fourth-order valence-electron chi connectivity index (χ4n) is 2.68. The minimum absolute atomic E-state index is 0.0502. The molecule has 0 N–H and O–H groups in total. The largest absolute Gasteiger partial charge is 0.354 e. The van der Waals surface area contributed by atoms with Crippen LogP contribution in [-0.2, 0) is 4.74 Å². The topological polar surface area (TPSA) is 52.8 Å². The SMILES string of the molecule is CC[C@@H]1C[C@H](C)[C@H](n2cnc3c(C)ncnc32)O1. The molecular formula is C13H18N4O. The highest BCUT2D eigenvalue weighted by atomic mass is 16.5. The molecule has 0 bridgehead atoms. The first-order valence-corrected chi connectivity index (χ1v) is 6.50. The van der Waals surface area contributed by atoms with E-state index in [4.69, 9.17) is 4.74 Å². The van der Waals surface area contributed by atoms with Gasteiger partial charge in [-0.25, -0.2) is 15.0 Å². The van der Waals surface area contributed by atoms with Crippen LogP contribution in [0.5, 0.6) is 0 Å². The third-order valence-electron chi connectivity index (χ3n) is 3.72. The van der Waals surface area contributed by atoms with E-state index in [0.717, 1.165) is 29.7 Å². The maximum absolute atomic E-state index is 6.08. The molecule has 18 heavy (non-hydrogen) atoms. The Balaban J connectivity index is 2.02. The number of hydrogen-bond donors (Lipinski definition) is 0. The van der Waals surface area contributed by atoms with Crippen molar-refractivity contribution < 1.29 is 4.74 Å². The van der Waals surface area contributed by atoms with Crippen LogP contribution in [0.4, 0.5) is 0 Å². The maximum Gasteiger partial charge on any atom is 0.165 e. The molecule has 3 heterocycles. The predicted octanol–water partition coefficient (Wildman–Crippen LogP) is 2.47. The van der Waals surface area contributed by atoms with E-state index in [2.05, 4.69) is 28.8 Å². The van der Waals surface area contributed by atoms with Crippen molar-refractivity contribution in [2.45, 2.75) is 45.9 Å². The van der Waals surface area contributed by atoms with Crippen LogP contribution in [0.25, 0.3) is 11.2 Å². The van der Waals surface area contributed by atoms with E-state index in [-0.39, 0.29) is 6.23 Å². The van der Waals surface area contributed by atoms with Crippen molar-refractivity contribution in [3.05, 3.63) is 18.3 Å².